The van der Waals surface area contributed by atoms with Crippen LogP contribution in [0.2, 0.25) is 0 Å². The zero-order valence-electron chi connectivity index (χ0n) is 8.19. The van der Waals surface area contributed by atoms with Crippen LogP contribution >= 0.6 is 0 Å². The molecular weight excluding hydrogens is 204 g/mol. The van der Waals surface area contributed by atoms with Gasteiger partial charge in [-0.3, -0.25) is 9.52 Å². The molecule has 0 saturated heterocycles. The molecule has 14 heavy (non-hydrogen) atoms. The lowest BCUT2D eigenvalue weighted by molar-refractivity contribution is -0.119. The first-order valence-corrected chi connectivity index (χ1v) is 6.26. The molecule has 1 rings (SSSR count). The van der Waals surface area contributed by atoms with Gasteiger partial charge < -0.3 is 5.73 Å². The Labute approximate surface area is 84.1 Å². The van der Waals surface area contributed by atoms with Crippen molar-refractivity contribution < 1.29 is 13.2 Å². The molecular formula is C8H16N2O3S. The summed E-state index contributed by atoms with van der Waals surface area (Å²) in [5, 5.41) is -0.346. The molecule has 82 valence electrons. The standard InChI is InChI=1S/C8H16N2O3S/c1-6(9)2-5-8(11)10-14(12,13)7-3-4-7/h6-7H,2-5,9H2,1H3,(H,10,11). The molecule has 0 aliphatic heterocycles. The van der Waals surface area contributed by atoms with Crippen molar-refractivity contribution in [3.8, 4) is 0 Å². The van der Waals surface area contributed by atoms with Crippen molar-refractivity contribution in [1.29, 1.82) is 0 Å². The maximum Gasteiger partial charge on any atom is 0.237 e. The maximum absolute atomic E-state index is 11.3. The lowest BCUT2D eigenvalue weighted by Crippen LogP contribution is -2.33. The lowest BCUT2D eigenvalue weighted by atomic mass is 10.2. The van der Waals surface area contributed by atoms with Gasteiger partial charge in [0.15, 0.2) is 0 Å². The van der Waals surface area contributed by atoms with E-state index in [-0.39, 0.29) is 17.7 Å². The Kier molecular flexibility index (Phi) is 3.49. The zero-order valence-corrected chi connectivity index (χ0v) is 9.01. The van der Waals surface area contributed by atoms with Crippen LogP contribution in [0.5, 0.6) is 0 Å². The molecule has 1 atom stereocenters. The second-order valence-electron chi connectivity index (χ2n) is 3.79. The Balaban J connectivity index is 2.33. The number of carbonyl (C=O) groups is 1. The van der Waals surface area contributed by atoms with Crippen LogP contribution in [0, 0.1) is 0 Å². The maximum atomic E-state index is 11.3. The Bertz CT molecular complexity index is 307. The van der Waals surface area contributed by atoms with Gasteiger partial charge >= 0.3 is 0 Å². The number of hydrogen-bond donors (Lipinski definition) is 2. The van der Waals surface area contributed by atoms with E-state index in [2.05, 4.69) is 4.72 Å². The zero-order chi connectivity index (χ0) is 10.8. The van der Waals surface area contributed by atoms with Crippen molar-refractivity contribution in [3.63, 3.8) is 0 Å². The largest absolute Gasteiger partial charge is 0.328 e. The number of sulfonamides is 1. The first-order valence-electron chi connectivity index (χ1n) is 4.72. The van der Waals surface area contributed by atoms with Crippen LogP contribution in [0.4, 0.5) is 0 Å². The smallest absolute Gasteiger partial charge is 0.237 e. The highest BCUT2D eigenvalue weighted by atomic mass is 32.2. The third-order valence-electron chi connectivity index (χ3n) is 2.05. The van der Waals surface area contributed by atoms with E-state index in [1.165, 1.54) is 0 Å². The summed E-state index contributed by atoms with van der Waals surface area (Å²) >= 11 is 0. The van der Waals surface area contributed by atoms with Crippen molar-refractivity contribution in [2.24, 2.45) is 5.73 Å². The Morgan fingerprint density at radius 2 is 2.14 bits per heavy atom. The number of hydrogen-bond acceptors (Lipinski definition) is 4. The van der Waals surface area contributed by atoms with Gasteiger partial charge in [0.25, 0.3) is 0 Å². The highest BCUT2D eigenvalue weighted by Crippen LogP contribution is 2.27. The number of nitrogens with one attached hydrogen (secondary N) is 1. The molecule has 1 aliphatic carbocycles. The predicted molar refractivity (Wildman–Crippen MR) is 53.0 cm³/mol. The van der Waals surface area contributed by atoms with E-state index in [9.17, 15) is 13.2 Å². The van der Waals surface area contributed by atoms with E-state index in [0.717, 1.165) is 0 Å². The van der Waals surface area contributed by atoms with Crippen LogP contribution in [-0.4, -0.2) is 25.6 Å². The summed E-state index contributed by atoms with van der Waals surface area (Å²) in [4.78, 5) is 11.1. The summed E-state index contributed by atoms with van der Waals surface area (Å²) in [5.74, 6) is -0.450. The van der Waals surface area contributed by atoms with E-state index in [0.29, 0.717) is 19.3 Å². The summed E-state index contributed by atoms with van der Waals surface area (Å²) in [6, 6.07) is -0.0793. The molecule has 0 radical (unpaired) electrons. The molecule has 6 heteroatoms. The highest BCUT2D eigenvalue weighted by Gasteiger charge is 2.36. The van der Waals surface area contributed by atoms with Crippen molar-refractivity contribution in [2.45, 2.75) is 43.9 Å². The van der Waals surface area contributed by atoms with E-state index in [1.807, 2.05) is 0 Å². The van der Waals surface area contributed by atoms with Crippen molar-refractivity contribution in [1.82, 2.24) is 4.72 Å². The average Bonchev–Trinajstić information content (AvgIpc) is 2.81. The van der Waals surface area contributed by atoms with Crippen LogP contribution in [0.25, 0.3) is 0 Å². The molecule has 1 fully saturated rings. The van der Waals surface area contributed by atoms with Crippen LogP contribution in [0.1, 0.15) is 32.6 Å². The van der Waals surface area contributed by atoms with Gasteiger partial charge in [0.05, 0.1) is 5.25 Å². The average molecular weight is 220 g/mol. The summed E-state index contributed by atoms with van der Waals surface area (Å²) in [6.07, 6.45) is 2.00. The minimum Gasteiger partial charge on any atom is -0.328 e. The molecule has 0 aromatic carbocycles. The van der Waals surface area contributed by atoms with E-state index in [1.54, 1.807) is 6.92 Å². The first-order chi connectivity index (χ1) is 6.42. The fraction of sp³-hybridized carbons (Fsp3) is 0.875. The van der Waals surface area contributed by atoms with Gasteiger partial charge in [-0.25, -0.2) is 8.42 Å². The number of carbonyl (C=O) groups excluding carboxylic acids is 1. The van der Waals surface area contributed by atoms with E-state index in [4.69, 9.17) is 5.73 Å². The van der Waals surface area contributed by atoms with Crippen LogP contribution in [-0.2, 0) is 14.8 Å². The molecule has 1 unspecified atom stereocenters. The van der Waals surface area contributed by atoms with Crippen molar-refractivity contribution in [3.05, 3.63) is 0 Å². The van der Waals surface area contributed by atoms with Crippen LogP contribution < -0.4 is 10.5 Å². The minimum absolute atomic E-state index is 0.0793. The quantitative estimate of drug-likeness (QED) is 0.667. The van der Waals surface area contributed by atoms with E-state index < -0.39 is 15.9 Å². The molecule has 3 N–H and O–H groups in total. The summed E-state index contributed by atoms with van der Waals surface area (Å²) in [6.45, 7) is 1.78. The van der Waals surface area contributed by atoms with Crippen molar-refractivity contribution in [2.75, 3.05) is 0 Å². The number of amides is 1. The Morgan fingerprint density at radius 1 is 1.57 bits per heavy atom. The molecule has 0 bridgehead atoms. The molecule has 0 spiro atoms. The molecule has 1 aliphatic rings. The van der Waals surface area contributed by atoms with Gasteiger partial charge in [-0.05, 0) is 26.2 Å². The molecule has 0 heterocycles. The first kappa shape index (κ1) is 11.5. The monoisotopic (exact) mass is 220 g/mol. The molecule has 0 aromatic heterocycles. The predicted octanol–water partition coefficient (Wildman–Crippen LogP) is -0.278. The fourth-order valence-corrected chi connectivity index (χ4v) is 2.37. The Hall–Kier alpha value is -0.620. The Morgan fingerprint density at radius 3 is 2.57 bits per heavy atom. The van der Waals surface area contributed by atoms with E-state index >= 15 is 0 Å². The van der Waals surface area contributed by atoms with Crippen LogP contribution in [0.3, 0.4) is 0 Å². The van der Waals surface area contributed by atoms with Gasteiger partial charge in [0.2, 0.25) is 15.9 Å². The summed E-state index contributed by atoms with van der Waals surface area (Å²) in [7, 11) is -3.37. The molecule has 0 aromatic rings. The van der Waals surface area contributed by atoms with Crippen LogP contribution in [0.15, 0.2) is 0 Å². The second kappa shape index (κ2) is 4.27. The normalized spacial score (nSPS) is 19.0. The summed E-state index contributed by atoms with van der Waals surface area (Å²) in [5.41, 5.74) is 5.45. The van der Waals surface area contributed by atoms with Gasteiger partial charge in [-0.1, -0.05) is 0 Å². The number of nitrogens with two attached hydrogens (primary N) is 1. The number of rotatable bonds is 5. The van der Waals surface area contributed by atoms with Gasteiger partial charge in [-0.15, -0.1) is 0 Å². The molecule has 1 amide bonds. The van der Waals surface area contributed by atoms with Gasteiger partial charge in [0, 0.05) is 12.5 Å². The van der Waals surface area contributed by atoms with Crippen molar-refractivity contribution >= 4 is 15.9 Å². The minimum atomic E-state index is -3.37. The topological polar surface area (TPSA) is 89.3 Å². The van der Waals surface area contributed by atoms with Gasteiger partial charge in [0.1, 0.15) is 0 Å². The SMILES string of the molecule is CC(N)CCC(=O)NS(=O)(=O)C1CC1. The van der Waals surface area contributed by atoms with Gasteiger partial charge in [-0.2, -0.15) is 0 Å². The molecule has 1 saturated carbocycles. The third-order valence-corrected chi connectivity index (χ3v) is 3.91. The lowest BCUT2D eigenvalue weighted by Gasteiger charge is -2.06. The highest BCUT2D eigenvalue weighted by molar-refractivity contribution is 7.90. The molecule has 5 nitrogen and oxygen atoms in total. The fourth-order valence-electron chi connectivity index (χ4n) is 1.03. The third kappa shape index (κ3) is 3.63. The second-order valence-corrected chi connectivity index (χ2v) is 5.75. The summed E-state index contributed by atoms with van der Waals surface area (Å²) < 4.78 is 24.6.